The molecule has 1 spiro atoms. The number of piperidine rings is 1. The van der Waals surface area contributed by atoms with Crippen molar-refractivity contribution in [2.45, 2.75) is 25.0 Å². The second-order valence-corrected chi connectivity index (χ2v) is 6.25. The predicted molar refractivity (Wildman–Crippen MR) is 90.2 cm³/mol. The molecule has 0 radical (unpaired) electrons. The first-order chi connectivity index (χ1) is 12.1. The number of carbonyl (C=O) groups excluding carboxylic acids is 2. The third-order valence-electron chi connectivity index (χ3n) is 4.68. The first kappa shape index (κ1) is 17.7. The molecule has 1 aromatic carbocycles. The average molecular weight is 348 g/mol. The minimum atomic E-state index is -0.558. The zero-order valence-corrected chi connectivity index (χ0v) is 14.5. The van der Waals surface area contributed by atoms with Gasteiger partial charge in [0.1, 0.15) is 5.75 Å². The van der Waals surface area contributed by atoms with E-state index in [-0.39, 0.29) is 0 Å². The Labute approximate surface area is 147 Å². The fourth-order valence-corrected chi connectivity index (χ4v) is 3.17. The Morgan fingerprint density at radius 1 is 1.16 bits per heavy atom. The Kier molecular flexibility index (Phi) is 5.55. The smallest absolute Gasteiger partial charge is 0.311 e. The molecule has 25 heavy (non-hydrogen) atoms. The highest BCUT2D eigenvalue weighted by molar-refractivity contribution is 6.35. The van der Waals surface area contributed by atoms with Gasteiger partial charge < -0.3 is 24.4 Å². The van der Waals surface area contributed by atoms with Gasteiger partial charge >= 0.3 is 11.8 Å². The SMILES string of the molecule is COc1ccc(CCNC(=O)C(=O)N2CCC3(CC2)OCCO3)cc1. The molecule has 0 aromatic heterocycles. The zero-order valence-electron chi connectivity index (χ0n) is 14.5. The summed E-state index contributed by atoms with van der Waals surface area (Å²) in [7, 11) is 1.62. The Morgan fingerprint density at radius 2 is 1.80 bits per heavy atom. The van der Waals surface area contributed by atoms with Gasteiger partial charge in [-0.3, -0.25) is 9.59 Å². The Morgan fingerprint density at radius 3 is 2.40 bits per heavy atom. The van der Waals surface area contributed by atoms with E-state index in [0.717, 1.165) is 11.3 Å². The minimum absolute atomic E-state index is 0.418. The van der Waals surface area contributed by atoms with E-state index in [4.69, 9.17) is 14.2 Å². The van der Waals surface area contributed by atoms with Crippen LogP contribution in [0.5, 0.6) is 5.75 Å². The van der Waals surface area contributed by atoms with Crippen molar-refractivity contribution in [2.24, 2.45) is 0 Å². The highest BCUT2D eigenvalue weighted by Gasteiger charge is 2.41. The van der Waals surface area contributed by atoms with Crippen molar-refractivity contribution < 1.29 is 23.8 Å². The van der Waals surface area contributed by atoms with Crippen molar-refractivity contribution in [3.8, 4) is 5.75 Å². The van der Waals surface area contributed by atoms with Crippen molar-refractivity contribution in [1.82, 2.24) is 10.2 Å². The molecule has 0 saturated carbocycles. The molecular weight excluding hydrogens is 324 g/mol. The van der Waals surface area contributed by atoms with E-state index in [9.17, 15) is 9.59 Å². The first-order valence-corrected chi connectivity index (χ1v) is 8.60. The molecule has 3 rings (SSSR count). The normalized spacial score (nSPS) is 19.0. The van der Waals surface area contributed by atoms with Gasteiger partial charge in [0.15, 0.2) is 5.79 Å². The number of hydrogen-bond acceptors (Lipinski definition) is 5. The van der Waals surface area contributed by atoms with Crippen LogP contribution >= 0.6 is 0 Å². The maximum atomic E-state index is 12.2. The lowest BCUT2D eigenvalue weighted by Crippen LogP contribution is -2.51. The summed E-state index contributed by atoms with van der Waals surface area (Å²) >= 11 is 0. The van der Waals surface area contributed by atoms with Gasteiger partial charge in [0.25, 0.3) is 0 Å². The number of amides is 2. The van der Waals surface area contributed by atoms with Crippen LogP contribution in [0.2, 0.25) is 0 Å². The molecule has 7 nitrogen and oxygen atoms in total. The summed E-state index contributed by atoms with van der Waals surface area (Å²) in [5.74, 6) is -0.789. The number of carbonyl (C=O) groups is 2. The molecule has 1 N–H and O–H groups in total. The van der Waals surface area contributed by atoms with Crippen LogP contribution in [0.4, 0.5) is 0 Å². The number of likely N-dealkylation sites (tertiary alicyclic amines) is 1. The first-order valence-electron chi connectivity index (χ1n) is 8.60. The summed E-state index contributed by atoms with van der Waals surface area (Å²) in [6, 6.07) is 7.63. The maximum absolute atomic E-state index is 12.2. The van der Waals surface area contributed by atoms with Crippen LogP contribution in [0, 0.1) is 0 Å². The number of benzene rings is 1. The largest absolute Gasteiger partial charge is 0.497 e. The van der Waals surface area contributed by atoms with Crippen molar-refractivity contribution in [1.29, 1.82) is 0 Å². The highest BCUT2D eigenvalue weighted by Crippen LogP contribution is 2.31. The van der Waals surface area contributed by atoms with Crippen LogP contribution < -0.4 is 10.1 Å². The molecule has 0 bridgehead atoms. The molecule has 2 amide bonds. The summed E-state index contributed by atoms with van der Waals surface area (Å²) < 4.78 is 16.4. The second kappa shape index (κ2) is 7.84. The Balaban J connectivity index is 1.41. The van der Waals surface area contributed by atoms with Crippen LogP contribution in [-0.2, 0) is 25.5 Å². The standard InChI is InChI=1S/C18H24N2O5/c1-23-15-4-2-14(3-5-15)6-9-19-16(21)17(22)20-10-7-18(8-11-20)24-12-13-25-18/h2-5H,6-13H2,1H3,(H,19,21). The van der Waals surface area contributed by atoms with E-state index >= 15 is 0 Å². The molecule has 2 fully saturated rings. The topological polar surface area (TPSA) is 77.1 Å². The van der Waals surface area contributed by atoms with Gasteiger partial charge in [-0.2, -0.15) is 0 Å². The van der Waals surface area contributed by atoms with Gasteiger partial charge in [-0.1, -0.05) is 12.1 Å². The fourth-order valence-electron chi connectivity index (χ4n) is 3.17. The van der Waals surface area contributed by atoms with E-state index in [0.29, 0.717) is 52.1 Å². The van der Waals surface area contributed by atoms with E-state index in [1.54, 1.807) is 12.0 Å². The molecular formula is C18H24N2O5. The molecule has 1 aromatic rings. The number of rotatable bonds is 4. The number of nitrogens with one attached hydrogen (secondary N) is 1. The third-order valence-corrected chi connectivity index (χ3v) is 4.68. The summed E-state index contributed by atoms with van der Waals surface area (Å²) in [6.45, 7) is 2.57. The van der Waals surface area contributed by atoms with E-state index in [2.05, 4.69) is 5.32 Å². The molecule has 0 aliphatic carbocycles. The van der Waals surface area contributed by atoms with Gasteiger partial charge in [0.05, 0.1) is 20.3 Å². The molecule has 7 heteroatoms. The molecule has 2 saturated heterocycles. The summed E-state index contributed by atoms with van der Waals surface area (Å²) in [5, 5.41) is 2.69. The number of nitrogens with zero attached hydrogens (tertiary/aromatic N) is 1. The monoisotopic (exact) mass is 348 g/mol. The lowest BCUT2D eigenvalue weighted by molar-refractivity contribution is -0.188. The molecule has 0 atom stereocenters. The van der Waals surface area contributed by atoms with Crippen LogP contribution in [0.15, 0.2) is 24.3 Å². The molecule has 136 valence electrons. The van der Waals surface area contributed by atoms with Crippen LogP contribution in [0.25, 0.3) is 0 Å². The van der Waals surface area contributed by atoms with Gasteiger partial charge in [-0.15, -0.1) is 0 Å². The predicted octanol–water partition coefficient (Wildman–Crippen LogP) is 0.719. The molecule has 2 aliphatic rings. The van der Waals surface area contributed by atoms with Crippen molar-refractivity contribution >= 4 is 11.8 Å². The highest BCUT2D eigenvalue weighted by atomic mass is 16.7. The van der Waals surface area contributed by atoms with E-state index in [1.165, 1.54) is 0 Å². The van der Waals surface area contributed by atoms with Crippen molar-refractivity contribution in [2.75, 3.05) is 40.0 Å². The summed E-state index contributed by atoms with van der Waals surface area (Å²) in [5.41, 5.74) is 1.07. The maximum Gasteiger partial charge on any atom is 0.311 e. The lowest BCUT2D eigenvalue weighted by atomic mass is 10.0. The number of hydrogen-bond donors (Lipinski definition) is 1. The fraction of sp³-hybridized carbons (Fsp3) is 0.556. The van der Waals surface area contributed by atoms with Gasteiger partial charge in [0.2, 0.25) is 0 Å². The zero-order chi connectivity index (χ0) is 17.7. The van der Waals surface area contributed by atoms with Gasteiger partial charge in [-0.05, 0) is 24.1 Å². The Bertz CT molecular complexity index is 600. The van der Waals surface area contributed by atoms with Crippen LogP contribution in [0.1, 0.15) is 18.4 Å². The lowest BCUT2D eigenvalue weighted by Gasteiger charge is -2.37. The number of ether oxygens (including phenoxy) is 3. The van der Waals surface area contributed by atoms with E-state index < -0.39 is 17.6 Å². The summed E-state index contributed by atoms with van der Waals surface area (Å²) in [6.07, 6.45) is 1.88. The second-order valence-electron chi connectivity index (χ2n) is 6.25. The molecule has 2 heterocycles. The average Bonchev–Trinajstić information content (AvgIpc) is 3.10. The molecule has 2 aliphatic heterocycles. The van der Waals surface area contributed by atoms with Crippen molar-refractivity contribution in [3.05, 3.63) is 29.8 Å². The van der Waals surface area contributed by atoms with Gasteiger partial charge in [-0.25, -0.2) is 0 Å². The van der Waals surface area contributed by atoms with Crippen LogP contribution in [-0.4, -0.2) is 62.5 Å². The van der Waals surface area contributed by atoms with Crippen LogP contribution in [0.3, 0.4) is 0 Å². The quantitative estimate of drug-likeness (QED) is 0.812. The third kappa shape index (κ3) is 4.29. The number of methoxy groups -OCH3 is 1. The molecule has 0 unspecified atom stereocenters. The van der Waals surface area contributed by atoms with Crippen molar-refractivity contribution in [3.63, 3.8) is 0 Å². The Hall–Kier alpha value is -2.12. The van der Waals surface area contributed by atoms with E-state index in [1.807, 2.05) is 24.3 Å². The summed E-state index contributed by atoms with van der Waals surface area (Å²) in [4.78, 5) is 25.9. The van der Waals surface area contributed by atoms with Gasteiger partial charge in [0, 0.05) is 32.5 Å². The minimum Gasteiger partial charge on any atom is -0.497 e.